The van der Waals surface area contributed by atoms with Gasteiger partial charge in [-0.2, -0.15) is 0 Å². The summed E-state index contributed by atoms with van der Waals surface area (Å²) >= 11 is 4.21. The van der Waals surface area contributed by atoms with Crippen LogP contribution in [0.2, 0.25) is 0 Å². The minimum Gasteiger partial charge on any atom is -0.378 e. The first-order chi connectivity index (χ1) is 12.2. The Hall–Kier alpha value is -0.880. The highest BCUT2D eigenvalue weighted by Gasteiger charge is 2.19. The maximum atomic E-state index is 12.1. The van der Waals surface area contributed by atoms with E-state index in [1.807, 2.05) is 9.80 Å². The largest absolute Gasteiger partial charge is 0.378 e. The molecule has 2 fully saturated rings. The molecule has 2 saturated heterocycles. The molecule has 3 rings (SSSR count). The number of nitrogens with zero attached hydrogens (tertiary/aromatic N) is 4. The summed E-state index contributed by atoms with van der Waals surface area (Å²) in [6.45, 7) is 5.03. The van der Waals surface area contributed by atoms with Crippen molar-refractivity contribution in [1.29, 1.82) is 0 Å². The lowest BCUT2D eigenvalue weighted by atomic mass is 10.4. The number of aromatic nitrogens is 2. The number of rotatable bonds is 6. The maximum absolute atomic E-state index is 12.1. The number of thioether (sulfide) groups is 2. The van der Waals surface area contributed by atoms with E-state index in [2.05, 4.69) is 10.2 Å². The van der Waals surface area contributed by atoms with Gasteiger partial charge in [0.15, 0.2) is 8.68 Å². The van der Waals surface area contributed by atoms with Crippen molar-refractivity contribution in [3.05, 3.63) is 0 Å². The van der Waals surface area contributed by atoms with Gasteiger partial charge in [-0.1, -0.05) is 34.9 Å². The third-order valence-corrected chi connectivity index (χ3v) is 6.91. The normalized spacial score (nSPS) is 18.4. The molecule has 8 nitrogen and oxygen atoms in total. The van der Waals surface area contributed by atoms with Crippen molar-refractivity contribution in [3.8, 4) is 0 Å². The second-order valence-corrected chi connectivity index (χ2v) is 8.82. The zero-order valence-corrected chi connectivity index (χ0v) is 16.2. The molecule has 25 heavy (non-hydrogen) atoms. The van der Waals surface area contributed by atoms with Gasteiger partial charge in [0.2, 0.25) is 11.8 Å². The van der Waals surface area contributed by atoms with Gasteiger partial charge in [0, 0.05) is 26.2 Å². The quantitative estimate of drug-likeness (QED) is 0.632. The molecule has 0 N–H and O–H groups in total. The second kappa shape index (κ2) is 9.72. The summed E-state index contributed by atoms with van der Waals surface area (Å²) in [4.78, 5) is 27.8. The van der Waals surface area contributed by atoms with Gasteiger partial charge in [-0.05, 0) is 0 Å². The van der Waals surface area contributed by atoms with Crippen LogP contribution in [0, 0.1) is 0 Å². The summed E-state index contributed by atoms with van der Waals surface area (Å²) in [6.07, 6.45) is 0. The molecule has 2 aliphatic rings. The van der Waals surface area contributed by atoms with Crippen LogP contribution in [0.4, 0.5) is 0 Å². The van der Waals surface area contributed by atoms with E-state index >= 15 is 0 Å². The van der Waals surface area contributed by atoms with E-state index in [1.165, 1.54) is 34.9 Å². The lowest BCUT2D eigenvalue weighted by Gasteiger charge is -2.26. The van der Waals surface area contributed by atoms with Crippen molar-refractivity contribution >= 4 is 46.7 Å². The third-order valence-electron chi connectivity index (χ3n) is 3.75. The molecule has 138 valence electrons. The predicted octanol–water partition coefficient (Wildman–Crippen LogP) is 0.440. The van der Waals surface area contributed by atoms with E-state index in [1.54, 1.807) is 0 Å². The predicted molar refractivity (Wildman–Crippen MR) is 96.2 cm³/mol. The van der Waals surface area contributed by atoms with Crippen molar-refractivity contribution < 1.29 is 19.1 Å². The van der Waals surface area contributed by atoms with Gasteiger partial charge in [-0.3, -0.25) is 9.59 Å². The molecule has 0 spiro atoms. The Labute approximate surface area is 158 Å². The fourth-order valence-electron chi connectivity index (χ4n) is 2.37. The summed E-state index contributed by atoms with van der Waals surface area (Å²) in [5.74, 6) is 0.901. The van der Waals surface area contributed by atoms with Crippen LogP contribution in [0.1, 0.15) is 0 Å². The van der Waals surface area contributed by atoms with E-state index in [0.717, 1.165) is 8.68 Å². The van der Waals surface area contributed by atoms with Crippen molar-refractivity contribution in [2.75, 3.05) is 64.1 Å². The molecule has 3 heterocycles. The molecule has 0 unspecified atom stereocenters. The SMILES string of the molecule is O=C(CSc1nnc(SCC(=O)N2CCOCC2)s1)N1CCOCC1. The monoisotopic (exact) mass is 404 g/mol. The molecule has 0 radical (unpaired) electrons. The highest BCUT2D eigenvalue weighted by atomic mass is 32.2. The van der Waals surface area contributed by atoms with Gasteiger partial charge >= 0.3 is 0 Å². The van der Waals surface area contributed by atoms with Crippen molar-refractivity contribution in [2.45, 2.75) is 8.68 Å². The van der Waals surface area contributed by atoms with Gasteiger partial charge in [0.05, 0.1) is 37.9 Å². The smallest absolute Gasteiger partial charge is 0.233 e. The van der Waals surface area contributed by atoms with Gasteiger partial charge in [0.1, 0.15) is 0 Å². The molecular formula is C14H20N4O4S3. The maximum Gasteiger partial charge on any atom is 0.233 e. The lowest BCUT2D eigenvalue weighted by molar-refractivity contribution is -0.133. The molecule has 11 heteroatoms. The number of hydrogen-bond acceptors (Lipinski definition) is 9. The molecule has 0 atom stereocenters. The summed E-state index contributed by atoms with van der Waals surface area (Å²) in [5.41, 5.74) is 0. The average Bonchev–Trinajstić information content (AvgIpc) is 3.13. The van der Waals surface area contributed by atoms with Crippen LogP contribution in [-0.2, 0) is 19.1 Å². The average molecular weight is 405 g/mol. The van der Waals surface area contributed by atoms with Crippen molar-refractivity contribution in [3.63, 3.8) is 0 Å². The number of amides is 2. The van der Waals surface area contributed by atoms with E-state index in [9.17, 15) is 9.59 Å². The molecule has 0 bridgehead atoms. The van der Waals surface area contributed by atoms with Crippen molar-refractivity contribution in [1.82, 2.24) is 20.0 Å². The third kappa shape index (κ3) is 5.81. The minimum atomic E-state index is 0.0974. The first-order valence-corrected chi connectivity index (χ1v) is 10.8. The molecule has 2 amide bonds. The lowest BCUT2D eigenvalue weighted by Crippen LogP contribution is -2.41. The zero-order valence-electron chi connectivity index (χ0n) is 13.7. The van der Waals surface area contributed by atoms with Crippen LogP contribution in [0.5, 0.6) is 0 Å². The number of ether oxygens (including phenoxy) is 2. The highest BCUT2D eigenvalue weighted by molar-refractivity contribution is 8.03. The molecule has 2 aliphatic heterocycles. The van der Waals surface area contributed by atoms with E-state index in [-0.39, 0.29) is 11.8 Å². The molecule has 0 aliphatic carbocycles. The van der Waals surface area contributed by atoms with Crippen LogP contribution in [0.25, 0.3) is 0 Å². The Balaban J connectivity index is 1.39. The first-order valence-electron chi connectivity index (χ1n) is 8.02. The number of carbonyl (C=O) groups excluding carboxylic acids is 2. The van der Waals surface area contributed by atoms with E-state index in [0.29, 0.717) is 64.1 Å². The van der Waals surface area contributed by atoms with E-state index < -0.39 is 0 Å². The summed E-state index contributed by atoms with van der Waals surface area (Å²) in [5, 5.41) is 8.19. The van der Waals surface area contributed by atoms with Crippen LogP contribution < -0.4 is 0 Å². The van der Waals surface area contributed by atoms with Crippen LogP contribution >= 0.6 is 34.9 Å². The molecule has 1 aromatic heterocycles. The van der Waals surface area contributed by atoms with Gasteiger partial charge in [-0.25, -0.2) is 0 Å². The van der Waals surface area contributed by atoms with Crippen molar-refractivity contribution in [2.24, 2.45) is 0 Å². The Morgan fingerprint density at radius 3 is 1.64 bits per heavy atom. The topological polar surface area (TPSA) is 84.9 Å². The minimum absolute atomic E-state index is 0.0974. The van der Waals surface area contributed by atoms with Crippen LogP contribution in [-0.4, -0.2) is 95.9 Å². The number of carbonyl (C=O) groups is 2. The Kier molecular flexibility index (Phi) is 7.35. The second-order valence-electron chi connectivity index (χ2n) is 5.40. The number of hydrogen-bond donors (Lipinski definition) is 0. The Bertz CT molecular complexity index is 540. The van der Waals surface area contributed by atoms with Crippen LogP contribution in [0.3, 0.4) is 0 Å². The molecule has 0 saturated carbocycles. The summed E-state index contributed by atoms with van der Waals surface area (Å²) < 4.78 is 12.0. The number of morpholine rings is 2. The zero-order chi connectivity index (χ0) is 17.5. The standard InChI is InChI=1S/C14H20N4O4S3/c19-11(17-1-5-21-6-2-17)9-23-13-15-16-14(25-13)24-10-12(20)18-3-7-22-8-4-18/h1-10H2. The Morgan fingerprint density at radius 2 is 1.24 bits per heavy atom. The fourth-order valence-corrected chi connectivity index (χ4v) is 5.19. The van der Waals surface area contributed by atoms with Gasteiger partial charge in [0.25, 0.3) is 0 Å². The van der Waals surface area contributed by atoms with Crippen LogP contribution in [0.15, 0.2) is 8.68 Å². The summed E-state index contributed by atoms with van der Waals surface area (Å²) in [7, 11) is 0. The Morgan fingerprint density at radius 1 is 0.840 bits per heavy atom. The summed E-state index contributed by atoms with van der Waals surface area (Å²) in [6, 6.07) is 0. The highest BCUT2D eigenvalue weighted by Crippen LogP contribution is 2.29. The van der Waals surface area contributed by atoms with Gasteiger partial charge in [-0.15, -0.1) is 10.2 Å². The van der Waals surface area contributed by atoms with E-state index in [4.69, 9.17) is 9.47 Å². The molecule has 0 aromatic carbocycles. The fraction of sp³-hybridized carbons (Fsp3) is 0.714. The molecule has 1 aromatic rings. The van der Waals surface area contributed by atoms with Gasteiger partial charge < -0.3 is 19.3 Å². The molecular weight excluding hydrogens is 384 g/mol. The first kappa shape index (κ1) is 18.9.